The van der Waals surface area contributed by atoms with E-state index in [0.717, 1.165) is 11.6 Å². The summed E-state index contributed by atoms with van der Waals surface area (Å²) in [7, 11) is 0. The molecule has 0 aliphatic carbocycles. The van der Waals surface area contributed by atoms with Crippen molar-refractivity contribution < 1.29 is 18.0 Å². The number of benzene rings is 2. The number of para-hydroxylation sites is 1. The Morgan fingerprint density at radius 1 is 0.966 bits per heavy atom. The summed E-state index contributed by atoms with van der Waals surface area (Å²) in [4.78, 5) is 16.6. The molecule has 29 heavy (non-hydrogen) atoms. The molecule has 2 aromatic carbocycles. The van der Waals surface area contributed by atoms with Crippen molar-refractivity contribution in [2.75, 3.05) is 5.32 Å². The lowest BCUT2D eigenvalue weighted by Gasteiger charge is -2.14. The summed E-state index contributed by atoms with van der Waals surface area (Å²) < 4.78 is 39.1. The number of pyridine rings is 1. The van der Waals surface area contributed by atoms with Crippen molar-refractivity contribution in [1.29, 1.82) is 0 Å². The van der Waals surface area contributed by atoms with Gasteiger partial charge in [0.15, 0.2) is 0 Å². The number of anilines is 1. The predicted octanol–water partition coefficient (Wildman–Crippen LogP) is 5.41. The third-order valence-electron chi connectivity index (χ3n) is 4.19. The molecule has 1 amide bonds. The number of aromatic nitrogens is 1. The van der Waals surface area contributed by atoms with Crippen LogP contribution in [0.2, 0.25) is 0 Å². The zero-order valence-electron chi connectivity index (χ0n) is 15.1. The zero-order valence-corrected chi connectivity index (χ0v) is 16.7. The van der Waals surface area contributed by atoms with Crippen LogP contribution in [0.1, 0.15) is 27.0 Å². The van der Waals surface area contributed by atoms with Crippen molar-refractivity contribution >= 4 is 27.5 Å². The summed E-state index contributed by atoms with van der Waals surface area (Å²) >= 11 is 2.91. The van der Waals surface area contributed by atoms with E-state index in [-0.39, 0.29) is 16.9 Å². The van der Waals surface area contributed by atoms with Crippen molar-refractivity contribution in [2.24, 2.45) is 0 Å². The number of amides is 1. The van der Waals surface area contributed by atoms with Crippen LogP contribution in [-0.2, 0) is 19.3 Å². The SMILES string of the molecule is O=C(NCc1ccc(Br)c(C(F)(F)F)c1)c1ccccc1NCc1ccncc1. The first-order valence-corrected chi connectivity index (χ1v) is 9.49. The van der Waals surface area contributed by atoms with Gasteiger partial charge in [-0.25, -0.2) is 0 Å². The number of alkyl halides is 3. The molecule has 0 radical (unpaired) electrons. The summed E-state index contributed by atoms with van der Waals surface area (Å²) in [6.07, 6.45) is -1.10. The highest BCUT2D eigenvalue weighted by molar-refractivity contribution is 9.10. The average molecular weight is 464 g/mol. The molecule has 8 heteroatoms. The highest BCUT2D eigenvalue weighted by atomic mass is 79.9. The van der Waals surface area contributed by atoms with Crippen LogP contribution in [0.25, 0.3) is 0 Å². The number of nitrogens with one attached hydrogen (secondary N) is 2. The lowest BCUT2D eigenvalue weighted by molar-refractivity contribution is -0.138. The molecule has 0 spiro atoms. The van der Waals surface area contributed by atoms with Crippen molar-refractivity contribution in [3.8, 4) is 0 Å². The normalized spacial score (nSPS) is 11.2. The molecule has 0 aliphatic rings. The number of hydrogen-bond acceptors (Lipinski definition) is 3. The van der Waals surface area contributed by atoms with Crippen LogP contribution in [0, 0.1) is 0 Å². The molecule has 3 rings (SSSR count). The van der Waals surface area contributed by atoms with E-state index in [0.29, 0.717) is 23.4 Å². The number of carbonyl (C=O) groups is 1. The second-order valence-corrected chi connectivity index (χ2v) is 7.10. The van der Waals surface area contributed by atoms with E-state index >= 15 is 0 Å². The summed E-state index contributed by atoms with van der Waals surface area (Å²) in [5.74, 6) is -0.376. The summed E-state index contributed by atoms with van der Waals surface area (Å²) in [6.45, 7) is 0.488. The minimum atomic E-state index is -4.47. The number of hydrogen-bond donors (Lipinski definition) is 2. The van der Waals surface area contributed by atoms with Crippen LogP contribution >= 0.6 is 15.9 Å². The molecular weight excluding hydrogens is 447 g/mol. The van der Waals surface area contributed by atoms with E-state index < -0.39 is 11.7 Å². The average Bonchev–Trinajstić information content (AvgIpc) is 2.71. The van der Waals surface area contributed by atoms with Crippen molar-refractivity contribution in [1.82, 2.24) is 10.3 Å². The monoisotopic (exact) mass is 463 g/mol. The molecule has 150 valence electrons. The Balaban J connectivity index is 1.69. The van der Waals surface area contributed by atoms with Gasteiger partial charge in [-0.15, -0.1) is 0 Å². The number of nitrogens with zero attached hydrogens (tertiary/aromatic N) is 1. The molecule has 4 nitrogen and oxygen atoms in total. The summed E-state index contributed by atoms with van der Waals surface area (Å²) in [5, 5.41) is 5.88. The maximum Gasteiger partial charge on any atom is 0.417 e. The molecule has 1 heterocycles. The molecular formula is C21H17BrF3N3O. The second kappa shape index (κ2) is 9.09. The Morgan fingerprint density at radius 3 is 2.41 bits per heavy atom. The van der Waals surface area contributed by atoms with Crippen LogP contribution in [0.4, 0.5) is 18.9 Å². The number of rotatable bonds is 6. The highest BCUT2D eigenvalue weighted by Gasteiger charge is 2.33. The van der Waals surface area contributed by atoms with Gasteiger partial charge in [-0.05, 0) is 47.5 Å². The molecule has 0 unspecified atom stereocenters. The minimum Gasteiger partial charge on any atom is -0.380 e. The first-order chi connectivity index (χ1) is 13.8. The second-order valence-electron chi connectivity index (χ2n) is 6.25. The van der Waals surface area contributed by atoms with E-state index in [1.165, 1.54) is 12.1 Å². The molecule has 3 aromatic rings. The first kappa shape index (κ1) is 20.9. The first-order valence-electron chi connectivity index (χ1n) is 8.70. The molecule has 0 saturated heterocycles. The van der Waals surface area contributed by atoms with Crippen LogP contribution < -0.4 is 10.6 Å². The van der Waals surface area contributed by atoms with Crippen molar-refractivity contribution in [3.05, 3.63) is 93.7 Å². The predicted molar refractivity (Wildman–Crippen MR) is 108 cm³/mol. The van der Waals surface area contributed by atoms with Gasteiger partial charge in [0.25, 0.3) is 5.91 Å². The molecule has 2 N–H and O–H groups in total. The fraction of sp³-hybridized carbons (Fsp3) is 0.143. The number of carbonyl (C=O) groups excluding carboxylic acids is 1. The molecule has 0 atom stereocenters. The lowest BCUT2D eigenvalue weighted by atomic mass is 10.1. The van der Waals surface area contributed by atoms with Gasteiger partial charge in [-0.3, -0.25) is 9.78 Å². The minimum absolute atomic E-state index is 0.0200. The van der Waals surface area contributed by atoms with E-state index in [1.54, 1.807) is 36.7 Å². The van der Waals surface area contributed by atoms with E-state index in [1.807, 2.05) is 12.1 Å². The van der Waals surface area contributed by atoms with Gasteiger partial charge in [0.1, 0.15) is 0 Å². The molecule has 0 bridgehead atoms. The topological polar surface area (TPSA) is 54.0 Å². The van der Waals surface area contributed by atoms with Gasteiger partial charge >= 0.3 is 6.18 Å². The van der Waals surface area contributed by atoms with Gasteiger partial charge in [0.2, 0.25) is 0 Å². The molecule has 0 aliphatic heterocycles. The molecule has 0 saturated carbocycles. The van der Waals surface area contributed by atoms with Crippen molar-refractivity contribution in [2.45, 2.75) is 19.3 Å². The fourth-order valence-electron chi connectivity index (χ4n) is 2.71. The van der Waals surface area contributed by atoms with Gasteiger partial charge in [0, 0.05) is 35.6 Å². The highest BCUT2D eigenvalue weighted by Crippen LogP contribution is 2.35. The van der Waals surface area contributed by atoms with Crippen LogP contribution in [0.3, 0.4) is 0 Å². The maximum atomic E-state index is 13.0. The van der Waals surface area contributed by atoms with Gasteiger partial charge in [-0.1, -0.05) is 34.1 Å². The van der Waals surface area contributed by atoms with E-state index in [2.05, 4.69) is 31.5 Å². The Labute approximate surface area is 174 Å². The summed E-state index contributed by atoms with van der Waals surface area (Å²) in [6, 6.07) is 14.6. The Bertz CT molecular complexity index is 994. The maximum absolute atomic E-state index is 13.0. The lowest BCUT2D eigenvalue weighted by Crippen LogP contribution is -2.24. The molecule has 1 aromatic heterocycles. The summed E-state index contributed by atoms with van der Waals surface area (Å²) in [5.41, 5.74) is 1.63. The van der Waals surface area contributed by atoms with E-state index in [4.69, 9.17) is 0 Å². The number of halogens is 4. The van der Waals surface area contributed by atoms with Gasteiger partial charge in [-0.2, -0.15) is 13.2 Å². The van der Waals surface area contributed by atoms with Crippen LogP contribution in [0.5, 0.6) is 0 Å². The van der Waals surface area contributed by atoms with Crippen LogP contribution in [-0.4, -0.2) is 10.9 Å². The van der Waals surface area contributed by atoms with Crippen molar-refractivity contribution in [3.63, 3.8) is 0 Å². The van der Waals surface area contributed by atoms with Gasteiger partial charge < -0.3 is 10.6 Å². The Kier molecular flexibility index (Phi) is 6.53. The van der Waals surface area contributed by atoms with Crippen LogP contribution in [0.15, 0.2) is 71.5 Å². The van der Waals surface area contributed by atoms with Gasteiger partial charge in [0.05, 0.1) is 11.1 Å². The smallest absolute Gasteiger partial charge is 0.380 e. The van der Waals surface area contributed by atoms with E-state index in [9.17, 15) is 18.0 Å². The Morgan fingerprint density at radius 2 is 1.69 bits per heavy atom. The molecule has 0 fully saturated rings. The largest absolute Gasteiger partial charge is 0.417 e. The zero-order chi connectivity index (χ0) is 20.9. The fourth-order valence-corrected chi connectivity index (χ4v) is 3.18. The third-order valence-corrected chi connectivity index (χ3v) is 4.88. The standard InChI is InChI=1S/C21H17BrF3N3O/c22-18-6-5-15(11-17(18)21(23,24)25)13-28-20(29)16-3-1-2-4-19(16)27-12-14-7-9-26-10-8-14/h1-11,27H,12-13H2,(H,28,29). The Hall–Kier alpha value is -2.87. The quantitative estimate of drug-likeness (QED) is 0.514. The third kappa shape index (κ3) is 5.57.